The molecule has 2 amide bonds. The smallest absolute Gasteiger partial charge is 0.222 e. The Morgan fingerprint density at radius 3 is 2.54 bits per heavy atom. The van der Waals surface area contributed by atoms with Crippen molar-refractivity contribution in [3.05, 3.63) is 0 Å². The van der Waals surface area contributed by atoms with E-state index in [0.717, 1.165) is 58.7 Å². The van der Waals surface area contributed by atoms with E-state index in [4.69, 9.17) is 0 Å². The first-order chi connectivity index (χ1) is 11.6. The van der Waals surface area contributed by atoms with Crippen LogP contribution >= 0.6 is 0 Å². The van der Waals surface area contributed by atoms with Crippen LogP contribution < -0.4 is 5.32 Å². The van der Waals surface area contributed by atoms with Crippen LogP contribution in [0.15, 0.2) is 0 Å². The molecular formula is C18H32N4O2. The molecule has 0 bridgehead atoms. The fraction of sp³-hybridized carbons (Fsp3) is 0.889. The van der Waals surface area contributed by atoms with Crippen LogP contribution in [0.5, 0.6) is 0 Å². The van der Waals surface area contributed by atoms with Gasteiger partial charge >= 0.3 is 0 Å². The first kappa shape index (κ1) is 17.7. The summed E-state index contributed by atoms with van der Waals surface area (Å²) < 4.78 is 0. The standard InChI is InChI=1S/C18H32N4O2/c1-20-10-12-21(13-11-20)15-18(6-7-18)14-19-16(23)5-9-22-8-3-2-4-17(22)24/h2-15H2,1H3,(H,19,23). The van der Waals surface area contributed by atoms with Crippen molar-refractivity contribution >= 4 is 11.8 Å². The van der Waals surface area contributed by atoms with Crippen LogP contribution in [-0.2, 0) is 9.59 Å². The van der Waals surface area contributed by atoms with Gasteiger partial charge < -0.3 is 20.0 Å². The van der Waals surface area contributed by atoms with Gasteiger partial charge in [-0.15, -0.1) is 0 Å². The number of hydrogen-bond donors (Lipinski definition) is 1. The maximum Gasteiger partial charge on any atom is 0.222 e. The van der Waals surface area contributed by atoms with E-state index in [1.54, 1.807) is 0 Å². The lowest BCUT2D eigenvalue weighted by Gasteiger charge is -2.35. The minimum atomic E-state index is 0.0954. The van der Waals surface area contributed by atoms with Gasteiger partial charge in [-0.05, 0) is 32.7 Å². The number of rotatable bonds is 7. The van der Waals surface area contributed by atoms with Crippen LogP contribution in [0.1, 0.15) is 38.5 Å². The van der Waals surface area contributed by atoms with E-state index in [9.17, 15) is 9.59 Å². The summed E-state index contributed by atoms with van der Waals surface area (Å²) in [5.74, 6) is 0.306. The van der Waals surface area contributed by atoms with E-state index in [1.165, 1.54) is 12.8 Å². The van der Waals surface area contributed by atoms with Crippen LogP contribution in [0.2, 0.25) is 0 Å². The molecule has 0 aromatic heterocycles. The van der Waals surface area contributed by atoms with Gasteiger partial charge in [0, 0.05) is 70.6 Å². The second-order valence-electron chi connectivity index (χ2n) is 7.94. The third kappa shape index (κ3) is 4.93. The molecule has 1 saturated carbocycles. The summed E-state index contributed by atoms with van der Waals surface area (Å²) in [5, 5.41) is 3.12. The second kappa shape index (κ2) is 7.83. The highest BCUT2D eigenvalue weighted by atomic mass is 16.2. The summed E-state index contributed by atoms with van der Waals surface area (Å²) in [5.41, 5.74) is 0.312. The van der Waals surface area contributed by atoms with Crippen LogP contribution in [0.25, 0.3) is 0 Å². The fourth-order valence-corrected chi connectivity index (χ4v) is 3.76. The molecule has 6 nitrogen and oxygen atoms in total. The van der Waals surface area contributed by atoms with E-state index in [1.807, 2.05) is 4.90 Å². The summed E-state index contributed by atoms with van der Waals surface area (Å²) >= 11 is 0. The van der Waals surface area contributed by atoms with Crippen molar-refractivity contribution in [3.63, 3.8) is 0 Å². The number of nitrogens with one attached hydrogen (secondary N) is 1. The fourth-order valence-electron chi connectivity index (χ4n) is 3.76. The second-order valence-corrected chi connectivity index (χ2v) is 7.94. The lowest BCUT2D eigenvalue weighted by molar-refractivity contribution is -0.133. The maximum absolute atomic E-state index is 12.1. The monoisotopic (exact) mass is 336 g/mol. The molecule has 3 fully saturated rings. The van der Waals surface area contributed by atoms with Gasteiger partial charge in [-0.1, -0.05) is 0 Å². The number of hydrogen-bond acceptors (Lipinski definition) is 4. The van der Waals surface area contributed by atoms with Crippen LogP contribution in [0.4, 0.5) is 0 Å². The molecule has 6 heteroatoms. The number of likely N-dealkylation sites (N-methyl/N-ethyl adjacent to an activating group) is 1. The molecule has 136 valence electrons. The van der Waals surface area contributed by atoms with Crippen molar-refractivity contribution < 1.29 is 9.59 Å². The SMILES string of the molecule is CN1CCN(CC2(CNC(=O)CCN3CCCCC3=O)CC2)CC1. The molecule has 1 N–H and O–H groups in total. The number of nitrogens with zero attached hydrogens (tertiary/aromatic N) is 3. The zero-order valence-electron chi connectivity index (χ0n) is 15.1. The molecule has 1 aliphatic carbocycles. The van der Waals surface area contributed by atoms with Gasteiger partial charge in [-0.2, -0.15) is 0 Å². The quantitative estimate of drug-likeness (QED) is 0.737. The number of amides is 2. The zero-order chi connectivity index (χ0) is 17.0. The zero-order valence-corrected chi connectivity index (χ0v) is 15.1. The van der Waals surface area contributed by atoms with Crippen molar-refractivity contribution in [3.8, 4) is 0 Å². The van der Waals surface area contributed by atoms with Gasteiger partial charge in [0.2, 0.25) is 11.8 Å². The molecule has 0 spiro atoms. The minimum absolute atomic E-state index is 0.0954. The van der Waals surface area contributed by atoms with Crippen molar-refractivity contribution in [1.29, 1.82) is 0 Å². The van der Waals surface area contributed by atoms with Gasteiger partial charge in [-0.3, -0.25) is 9.59 Å². The average molecular weight is 336 g/mol. The number of piperazine rings is 1. The number of piperidine rings is 1. The van der Waals surface area contributed by atoms with Crippen molar-refractivity contribution in [2.75, 3.05) is 59.4 Å². The van der Waals surface area contributed by atoms with Gasteiger partial charge in [0.05, 0.1) is 0 Å². The Morgan fingerprint density at radius 1 is 1.12 bits per heavy atom. The van der Waals surface area contributed by atoms with Gasteiger partial charge in [0.25, 0.3) is 0 Å². The van der Waals surface area contributed by atoms with Crippen molar-refractivity contribution in [2.24, 2.45) is 5.41 Å². The Bertz CT molecular complexity index is 456. The van der Waals surface area contributed by atoms with Crippen LogP contribution in [0, 0.1) is 5.41 Å². The normalized spacial score (nSPS) is 24.9. The summed E-state index contributed by atoms with van der Waals surface area (Å²) in [6.45, 7) is 7.89. The molecule has 3 aliphatic rings. The summed E-state index contributed by atoms with van der Waals surface area (Å²) in [7, 11) is 2.18. The predicted molar refractivity (Wildman–Crippen MR) is 93.7 cm³/mol. The van der Waals surface area contributed by atoms with Gasteiger partial charge in [-0.25, -0.2) is 0 Å². The molecule has 2 saturated heterocycles. The molecule has 2 aliphatic heterocycles. The third-order valence-corrected chi connectivity index (χ3v) is 5.80. The van der Waals surface area contributed by atoms with Gasteiger partial charge in [0.15, 0.2) is 0 Å². The molecule has 24 heavy (non-hydrogen) atoms. The molecular weight excluding hydrogens is 304 g/mol. The Kier molecular flexibility index (Phi) is 5.76. The van der Waals surface area contributed by atoms with Crippen molar-refractivity contribution in [2.45, 2.75) is 38.5 Å². The predicted octanol–water partition coefficient (Wildman–Crippen LogP) is 0.533. The first-order valence-corrected chi connectivity index (χ1v) is 9.52. The Hall–Kier alpha value is -1.14. The number of likely N-dealkylation sites (tertiary alicyclic amines) is 1. The molecule has 2 heterocycles. The lowest BCUT2D eigenvalue weighted by atomic mass is 10.1. The Balaban J connectivity index is 1.34. The molecule has 0 unspecified atom stereocenters. The number of carbonyl (C=O) groups is 2. The molecule has 0 atom stereocenters. The van der Waals surface area contributed by atoms with E-state index >= 15 is 0 Å². The Morgan fingerprint density at radius 2 is 1.88 bits per heavy atom. The molecule has 0 aromatic rings. The average Bonchev–Trinajstić information content (AvgIpc) is 3.34. The highest BCUT2D eigenvalue weighted by Gasteiger charge is 2.44. The first-order valence-electron chi connectivity index (χ1n) is 9.52. The molecule has 0 aromatic carbocycles. The summed E-state index contributed by atoms with van der Waals surface area (Å²) in [6.07, 6.45) is 5.61. The summed E-state index contributed by atoms with van der Waals surface area (Å²) in [4.78, 5) is 30.7. The Labute approximate surface area is 145 Å². The lowest BCUT2D eigenvalue weighted by Crippen LogP contribution is -2.48. The highest BCUT2D eigenvalue weighted by Crippen LogP contribution is 2.45. The van der Waals surface area contributed by atoms with E-state index < -0.39 is 0 Å². The van der Waals surface area contributed by atoms with Crippen molar-refractivity contribution in [1.82, 2.24) is 20.0 Å². The van der Waals surface area contributed by atoms with Crippen LogP contribution in [-0.4, -0.2) is 85.9 Å². The third-order valence-electron chi connectivity index (χ3n) is 5.80. The molecule has 0 radical (unpaired) electrons. The summed E-state index contributed by atoms with van der Waals surface area (Å²) in [6, 6.07) is 0. The van der Waals surface area contributed by atoms with Gasteiger partial charge in [0.1, 0.15) is 0 Å². The topological polar surface area (TPSA) is 55.9 Å². The minimum Gasteiger partial charge on any atom is -0.355 e. The molecule has 3 rings (SSSR count). The van der Waals surface area contributed by atoms with E-state index in [0.29, 0.717) is 24.8 Å². The van der Waals surface area contributed by atoms with E-state index in [2.05, 4.69) is 22.2 Å². The largest absolute Gasteiger partial charge is 0.355 e. The maximum atomic E-state index is 12.1. The van der Waals surface area contributed by atoms with E-state index in [-0.39, 0.29) is 11.8 Å². The van der Waals surface area contributed by atoms with Crippen LogP contribution in [0.3, 0.4) is 0 Å². The highest BCUT2D eigenvalue weighted by molar-refractivity contribution is 5.79. The number of carbonyl (C=O) groups excluding carboxylic acids is 2.